The van der Waals surface area contributed by atoms with Gasteiger partial charge in [-0.15, -0.1) is 0 Å². The molecule has 1 saturated heterocycles. The Morgan fingerprint density at radius 2 is 2.06 bits per heavy atom. The molecular weight excluding hydrogens is 205 g/mol. The highest BCUT2D eigenvalue weighted by atomic mass is 19.1. The molecule has 2 nitrogen and oxygen atoms in total. The molecule has 1 heterocycles. The first-order chi connectivity index (χ1) is 7.68. The van der Waals surface area contributed by atoms with Crippen molar-refractivity contribution in [1.82, 2.24) is 0 Å². The summed E-state index contributed by atoms with van der Waals surface area (Å²) in [6.07, 6.45) is 1.94. The molecule has 2 rings (SSSR count). The summed E-state index contributed by atoms with van der Waals surface area (Å²) >= 11 is 0. The van der Waals surface area contributed by atoms with E-state index in [0.717, 1.165) is 31.6 Å². The minimum Gasteiger partial charge on any atom is -0.381 e. The Hall–Kier alpha value is -0.930. The lowest BCUT2D eigenvalue weighted by Crippen LogP contribution is -2.27. The van der Waals surface area contributed by atoms with Gasteiger partial charge in [0.05, 0.1) is 0 Å². The monoisotopic (exact) mass is 223 g/mol. The van der Waals surface area contributed by atoms with Gasteiger partial charge in [0.15, 0.2) is 0 Å². The molecule has 0 spiro atoms. The number of hydrogen-bond donors (Lipinski definition) is 1. The third kappa shape index (κ3) is 2.42. The largest absolute Gasteiger partial charge is 0.381 e. The summed E-state index contributed by atoms with van der Waals surface area (Å²) in [6.45, 7) is 3.30. The Morgan fingerprint density at radius 3 is 2.69 bits per heavy atom. The van der Waals surface area contributed by atoms with Gasteiger partial charge in [-0.1, -0.05) is 12.1 Å². The highest BCUT2D eigenvalue weighted by Crippen LogP contribution is 2.28. The van der Waals surface area contributed by atoms with Crippen molar-refractivity contribution >= 4 is 0 Å². The Labute approximate surface area is 95.6 Å². The Bertz CT molecular complexity index is 361. The molecule has 0 amide bonds. The third-order valence-corrected chi connectivity index (χ3v) is 3.35. The van der Waals surface area contributed by atoms with Crippen LogP contribution in [0.2, 0.25) is 0 Å². The molecule has 0 aliphatic carbocycles. The maximum atomic E-state index is 13.4. The van der Waals surface area contributed by atoms with E-state index in [2.05, 4.69) is 0 Å². The molecule has 0 saturated carbocycles. The van der Waals surface area contributed by atoms with Gasteiger partial charge in [0.25, 0.3) is 0 Å². The molecule has 1 aromatic rings. The van der Waals surface area contributed by atoms with E-state index in [-0.39, 0.29) is 11.9 Å². The quantitative estimate of drug-likeness (QED) is 0.836. The predicted molar refractivity (Wildman–Crippen MR) is 61.6 cm³/mol. The minimum absolute atomic E-state index is 0.0704. The van der Waals surface area contributed by atoms with Gasteiger partial charge in [-0.2, -0.15) is 0 Å². The van der Waals surface area contributed by atoms with E-state index in [0.29, 0.717) is 11.5 Å². The van der Waals surface area contributed by atoms with Gasteiger partial charge in [-0.3, -0.25) is 0 Å². The van der Waals surface area contributed by atoms with Crippen LogP contribution in [0.5, 0.6) is 0 Å². The average molecular weight is 223 g/mol. The molecule has 0 bridgehead atoms. The summed E-state index contributed by atoms with van der Waals surface area (Å²) < 4.78 is 18.7. The molecule has 16 heavy (non-hydrogen) atoms. The zero-order chi connectivity index (χ0) is 11.5. The van der Waals surface area contributed by atoms with Gasteiger partial charge in [-0.05, 0) is 42.9 Å². The number of benzene rings is 1. The van der Waals surface area contributed by atoms with E-state index in [4.69, 9.17) is 10.5 Å². The second kappa shape index (κ2) is 4.93. The lowest BCUT2D eigenvalue weighted by atomic mass is 9.87. The van der Waals surface area contributed by atoms with Gasteiger partial charge in [0.2, 0.25) is 0 Å². The minimum atomic E-state index is -0.167. The van der Waals surface area contributed by atoms with Crippen LogP contribution in [0.4, 0.5) is 4.39 Å². The average Bonchev–Trinajstić information content (AvgIpc) is 2.33. The third-order valence-electron chi connectivity index (χ3n) is 3.35. The summed E-state index contributed by atoms with van der Waals surface area (Å²) in [4.78, 5) is 0. The fourth-order valence-corrected chi connectivity index (χ4v) is 2.16. The molecule has 1 aliphatic heterocycles. The van der Waals surface area contributed by atoms with Crippen LogP contribution in [0.3, 0.4) is 0 Å². The summed E-state index contributed by atoms with van der Waals surface area (Å²) in [5.41, 5.74) is 7.73. The maximum absolute atomic E-state index is 13.4. The summed E-state index contributed by atoms with van der Waals surface area (Å²) in [5, 5.41) is 0. The summed E-state index contributed by atoms with van der Waals surface area (Å²) in [7, 11) is 0. The molecular formula is C13H18FNO. The van der Waals surface area contributed by atoms with Crippen LogP contribution in [0.1, 0.15) is 30.0 Å². The van der Waals surface area contributed by atoms with Crippen molar-refractivity contribution in [3.8, 4) is 0 Å². The van der Waals surface area contributed by atoms with Crippen molar-refractivity contribution in [2.24, 2.45) is 11.7 Å². The van der Waals surface area contributed by atoms with E-state index in [1.807, 2.05) is 6.07 Å². The van der Waals surface area contributed by atoms with E-state index in [1.165, 1.54) is 0 Å². The number of ether oxygens (including phenoxy) is 1. The standard InChI is InChI=1S/C13H18FNO/c1-9-2-3-11(8-12(9)14)13(15)10-4-6-16-7-5-10/h2-3,8,10,13H,4-7,15H2,1H3/t13-/m0/s1. The van der Waals surface area contributed by atoms with Crippen molar-refractivity contribution < 1.29 is 9.13 Å². The fraction of sp³-hybridized carbons (Fsp3) is 0.538. The summed E-state index contributed by atoms with van der Waals surface area (Å²) in [5.74, 6) is 0.246. The molecule has 3 heteroatoms. The number of halogens is 1. The zero-order valence-corrected chi connectivity index (χ0v) is 9.58. The van der Waals surface area contributed by atoms with Crippen LogP contribution >= 0.6 is 0 Å². The van der Waals surface area contributed by atoms with E-state index >= 15 is 0 Å². The Morgan fingerprint density at radius 1 is 1.38 bits per heavy atom. The number of hydrogen-bond acceptors (Lipinski definition) is 2. The van der Waals surface area contributed by atoms with E-state index in [9.17, 15) is 4.39 Å². The molecule has 1 fully saturated rings. The highest BCUT2D eigenvalue weighted by molar-refractivity contribution is 5.26. The normalized spacial score (nSPS) is 19.7. The SMILES string of the molecule is Cc1ccc([C@@H](N)C2CCOCC2)cc1F. The van der Waals surface area contributed by atoms with Crippen LogP contribution in [0, 0.1) is 18.7 Å². The second-order valence-electron chi connectivity index (χ2n) is 4.48. The number of nitrogens with two attached hydrogens (primary N) is 1. The van der Waals surface area contributed by atoms with Crippen LogP contribution in [0.25, 0.3) is 0 Å². The first-order valence-electron chi connectivity index (χ1n) is 5.78. The lowest BCUT2D eigenvalue weighted by Gasteiger charge is -2.28. The van der Waals surface area contributed by atoms with E-state index in [1.54, 1.807) is 19.1 Å². The van der Waals surface area contributed by atoms with Crippen molar-refractivity contribution in [2.75, 3.05) is 13.2 Å². The van der Waals surface area contributed by atoms with Crippen molar-refractivity contribution in [3.63, 3.8) is 0 Å². The molecule has 1 atom stereocenters. The van der Waals surface area contributed by atoms with Gasteiger partial charge in [0, 0.05) is 19.3 Å². The van der Waals surface area contributed by atoms with Crippen molar-refractivity contribution in [1.29, 1.82) is 0 Å². The van der Waals surface area contributed by atoms with Gasteiger partial charge in [0.1, 0.15) is 5.82 Å². The van der Waals surface area contributed by atoms with Gasteiger partial charge >= 0.3 is 0 Å². The molecule has 88 valence electrons. The van der Waals surface area contributed by atoms with Crippen LogP contribution in [-0.4, -0.2) is 13.2 Å². The Kier molecular flexibility index (Phi) is 3.56. The van der Waals surface area contributed by atoms with Crippen LogP contribution in [0.15, 0.2) is 18.2 Å². The predicted octanol–water partition coefficient (Wildman–Crippen LogP) is 2.56. The smallest absolute Gasteiger partial charge is 0.126 e. The first kappa shape index (κ1) is 11.6. The summed E-state index contributed by atoms with van der Waals surface area (Å²) in [6, 6.07) is 5.22. The van der Waals surface area contributed by atoms with Crippen molar-refractivity contribution in [3.05, 3.63) is 35.1 Å². The van der Waals surface area contributed by atoms with Gasteiger partial charge < -0.3 is 10.5 Å². The molecule has 2 N–H and O–H groups in total. The first-order valence-corrected chi connectivity index (χ1v) is 5.78. The van der Waals surface area contributed by atoms with Crippen molar-refractivity contribution in [2.45, 2.75) is 25.8 Å². The number of aryl methyl sites for hydroxylation is 1. The van der Waals surface area contributed by atoms with E-state index < -0.39 is 0 Å². The highest BCUT2D eigenvalue weighted by Gasteiger charge is 2.22. The fourth-order valence-electron chi connectivity index (χ4n) is 2.16. The molecule has 0 aromatic heterocycles. The number of rotatable bonds is 2. The maximum Gasteiger partial charge on any atom is 0.126 e. The van der Waals surface area contributed by atoms with Gasteiger partial charge in [-0.25, -0.2) is 4.39 Å². The topological polar surface area (TPSA) is 35.2 Å². The van der Waals surface area contributed by atoms with Crippen LogP contribution in [-0.2, 0) is 4.74 Å². The molecule has 0 radical (unpaired) electrons. The molecule has 0 unspecified atom stereocenters. The Balaban J connectivity index is 2.12. The van der Waals surface area contributed by atoms with Crippen LogP contribution < -0.4 is 5.73 Å². The zero-order valence-electron chi connectivity index (χ0n) is 9.58. The molecule has 1 aliphatic rings. The second-order valence-corrected chi connectivity index (χ2v) is 4.48. The lowest BCUT2D eigenvalue weighted by molar-refractivity contribution is 0.0583. The molecule has 1 aromatic carbocycles.